The zero-order valence-electron chi connectivity index (χ0n) is 12.3. The molecule has 1 aliphatic heterocycles. The molecule has 0 spiro atoms. The highest BCUT2D eigenvalue weighted by Crippen LogP contribution is 2.27. The molecule has 0 aliphatic carbocycles. The minimum absolute atomic E-state index is 0.00969. The number of halogens is 2. The first-order valence-electron chi connectivity index (χ1n) is 7.07. The maximum Gasteiger partial charge on any atom is 0.387 e. The second-order valence-corrected chi connectivity index (χ2v) is 6.47. The van der Waals surface area contributed by atoms with Gasteiger partial charge in [-0.1, -0.05) is 12.1 Å². The van der Waals surface area contributed by atoms with Crippen molar-refractivity contribution in [2.75, 3.05) is 11.5 Å². The highest BCUT2D eigenvalue weighted by molar-refractivity contribution is 7.99. The van der Waals surface area contributed by atoms with Gasteiger partial charge in [-0.3, -0.25) is 4.79 Å². The van der Waals surface area contributed by atoms with Gasteiger partial charge in [-0.05, 0) is 42.0 Å². The lowest BCUT2D eigenvalue weighted by atomic mass is 9.92. The number of carbonyl (C=O) groups excluding carboxylic acids is 1. The molecule has 126 valence electrons. The number of nitrogens with one attached hydrogen (secondary N) is 1. The van der Waals surface area contributed by atoms with E-state index < -0.39 is 24.0 Å². The first-order valence-corrected chi connectivity index (χ1v) is 8.23. The van der Waals surface area contributed by atoms with E-state index in [1.165, 1.54) is 24.3 Å². The van der Waals surface area contributed by atoms with Crippen LogP contribution < -0.4 is 10.1 Å². The van der Waals surface area contributed by atoms with Crippen LogP contribution in [-0.4, -0.2) is 40.6 Å². The van der Waals surface area contributed by atoms with Crippen molar-refractivity contribution in [3.05, 3.63) is 29.8 Å². The molecule has 1 aromatic carbocycles. The summed E-state index contributed by atoms with van der Waals surface area (Å²) < 4.78 is 28.4. The molecule has 1 amide bonds. The third kappa shape index (κ3) is 4.82. The van der Waals surface area contributed by atoms with Crippen LogP contribution in [0.15, 0.2) is 24.3 Å². The molecule has 23 heavy (non-hydrogen) atoms. The molecule has 1 aromatic rings. The van der Waals surface area contributed by atoms with Gasteiger partial charge < -0.3 is 15.2 Å². The summed E-state index contributed by atoms with van der Waals surface area (Å²) in [7, 11) is 0. The van der Waals surface area contributed by atoms with Gasteiger partial charge in [-0.2, -0.15) is 20.5 Å². The maximum atomic E-state index is 12.1. The molecule has 5 nitrogen and oxygen atoms in total. The van der Waals surface area contributed by atoms with Gasteiger partial charge in [0.2, 0.25) is 5.91 Å². The lowest BCUT2D eigenvalue weighted by Gasteiger charge is -2.33. The van der Waals surface area contributed by atoms with Crippen molar-refractivity contribution in [2.45, 2.75) is 31.4 Å². The van der Waals surface area contributed by atoms with E-state index in [-0.39, 0.29) is 12.2 Å². The number of alkyl halides is 2. The van der Waals surface area contributed by atoms with Gasteiger partial charge in [0.25, 0.3) is 0 Å². The van der Waals surface area contributed by atoms with Crippen LogP contribution in [0.5, 0.6) is 5.75 Å². The Bertz CT molecular complexity index is 559. The fraction of sp³-hybridized carbons (Fsp3) is 0.467. The number of aliphatic carboxylic acids is 1. The minimum Gasteiger partial charge on any atom is -0.480 e. The Kier molecular flexibility index (Phi) is 5.81. The Balaban J connectivity index is 1.96. The molecule has 0 bridgehead atoms. The predicted molar refractivity (Wildman–Crippen MR) is 81.8 cm³/mol. The largest absolute Gasteiger partial charge is 0.480 e. The molecule has 8 heteroatoms. The number of hydrogen-bond acceptors (Lipinski definition) is 4. The predicted octanol–water partition coefficient (Wildman–Crippen LogP) is 2.30. The van der Waals surface area contributed by atoms with Crippen molar-refractivity contribution < 1.29 is 28.2 Å². The molecular weight excluding hydrogens is 328 g/mol. The molecule has 2 rings (SSSR count). The molecule has 0 aromatic heterocycles. The van der Waals surface area contributed by atoms with Crippen LogP contribution in [0.4, 0.5) is 8.78 Å². The van der Waals surface area contributed by atoms with E-state index in [1.54, 1.807) is 11.8 Å². The minimum atomic E-state index is -2.90. The van der Waals surface area contributed by atoms with Gasteiger partial charge in [0.1, 0.15) is 11.3 Å². The van der Waals surface area contributed by atoms with Crippen molar-refractivity contribution in [3.63, 3.8) is 0 Å². The lowest BCUT2D eigenvalue weighted by Crippen LogP contribution is -2.56. The molecule has 0 unspecified atom stereocenters. The van der Waals surface area contributed by atoms with Crippen LogP contribution >= 0.6 is 11.8 Å². The zero-order valence-corrected chi connectivity index (χ0v) is 13.1. The summed E-state index contributed by atoms with van der Waals surface area (Å²) >= 11 is 1.66. The Hall–Kier alpha value is -1.83. The van der Waals surface area contributed by atoms with Crippen molar-refractivity contribution >= 4 is 23.6 Å². The number of amides is 1. The van der Waals surface area contributed by atoms with E-state index in [0.717, 1.165) is 0 Å². The number of thioether (sulfide) groups is 1. The first-order chi connectivity index (χ1) is 10.9. The van der Waals surface area contributed by atoms with Crippen molar-refractivity contribution in [1.29, 1.82) is 0 Å². The van der Waals surface area contributed by atoms with Crippen LogP contribution in [0.2, 0.25) is 0 Å². The second kappa shape index (κ2) is 7.63. The van der Waals surface area contributed by atoms with E-state index in [4.69, 9.17) is 0 Å². The summed E-state index contributed by atoms with van der Waals surface area (Å²) in [5.74, 6) is -0.0393. The SMILES string of the molecule is O=C(Cc1ccc(OC(F)F)cc1)NC1(C(=O)O)CCSCC1. The van der Waals surface area contributed by atoms with Gasteiger partial charge in [-0.25, -0.2) is 4.79 Å². The van der Waals surface area contributed by atoms with E-state index in [2.05, 4.69) is 10.1 Å². The Labute approximate surface area is 136 Å². The van der Waals surface area contributed by atoms with Crippen LogP contribution in [-0.2, 0) is 16.0 Å². The van der Waals surface area contributed by atoms with E-state index in [9.17, 15) is 23.5 Å². The van der Waals surface area contributed by atoms with E-state index in [1.807, 2.05) is 0 Å². The standard InChI is InChI=1S/C15H17F2NO4S/c16-14(17)22-11-3-1-10(2-4-11)9-12(19)18-15(13(20)21)5-7-23-8-6-15/h1-4,14H,5-9H2,(H,18,19)(H,20,21). The Morgan fingerprint density at radius 1 is 1.26 bits per heavy atom. The molecular formula is C15H17F2NO4S. The molecule has 0 saturated carbocycles. The lowest BCUT2D eigenvalue weighted by molar-refractivity contribution is -0.148. The highest BCUT2D eigenvalue weighted by Gasteiger charge is 2.41. The van der Waals surface area contributed by atoms with E-state index >= 15 is 0 Å². The molecule has 2 N–H and O–H groups in total. The van der Waals surface area contributed by atoms with Gasteiger partial charge in [0, 0.05) is 0 Å². The normalized spacial score (nSPS) is 16.8. The van der Waals surface area contributed by atoms with Crippen molar-refractivity contribution in [3.8, 4) is 5.75 Å². The van der Waals surface area contributed by atoms with Gasteiger partial charge in [-0.15, -0.1) is 0 Å². The average Bonchev–Trinajstić information content (AvgIpc) is 2.49. The second-order valence-electron chi connectivity index (χ2n) is 5.25. The molecule has 1 heterocycles. The third-order valence-corrected chi connectivity index (χ3v) is 4.63. The summed E-state index contributed by atoms with van der Waals surface area (Å²) in [6, 6.07) is 5.70. The quantitative estimate of drug-likeness (QED) is 0.827. The highest BCUT2D eigenvalue weighted by atomic mass is 32.2. The number of benzene rings is 1. The first kappa shape index (κ1) is 17.5. The van der Waals surface area contributed by atoms with Crippen LogP contribution in [0.1, 0.15) is 18.4 Å². The maximum absolute atomic E-state index is 12.1. The molecule has 1 saturated heterocycles. The fourth-order valence-electron chi connectivity index (χ4n) is 2.40. The number of carboxylic acid groups (broad SMARTS) is 1. The summed E-state index contributed by atoms with van der Waals surface area (Å²) in [5.41, 5.74) is -0.615. The van der Waals surface area contributed by atoms with Crippen LogP contribution in [0.25, 0.3) is 0 Å². The Morgan fingerprint density at radius 3 is 2.39 bits per heavy atom. The molecule has 1 fully saturated rings. The van der Waals surface area contributed by atoms with Crippen molar-refractivity contribution in [1.82, 2.24) is 5.32 Å². The number of carboxylic acids is 1. The average molecular weight is 345 g/mol. The molecule has 0 radical (unpaired) electrons. The van der Waals surface area contributed by atoms with Crippen LogP contribution in [0.3, 0.4) is 0 Å². The van der Waals surface area contributed by atoms with Gasteiger partial charge in [0.15, 0.2) is 0 Å². The fourth-order valence-corrected chi connectivity index (χ4v) is 3.59. The smallest absolute Gasteiger partial charge is 0.387 e. The topological polar surface area (TPSA) is 75.6 Å². The monoisotopic (exact) mass is 345 g/mol. The Morgan fingerprint density at radius 2 is 1.87 bits per heavy atom. The van der Waals surface area contributed by atoms with Crippen LogP contribution in [0, 0.1) is 0 Å². The summed E-state index contributed by atoms with van der Waals surface area (Å²) in [4.78, 5) is 23.6. The van der Waals surface area contributed by atoms with Crippen molar-refractivity contribution in [2.24, 2.45) is 0 Å². The molecule has 1 aliphatic rings. The number of hydrogen-bond donors (Lipinski definition) is 2. The van der Waals surface area contributed by atoms with Gasteiger partial charge in [0.05, 0.1) is 6.42 Å². The summed E-state index contributed by atoms with van der Waals surface area (Å²) in [5, 5.41) is 12.0. The zero-order chi connectivity index (χ0) is 16.9. The van der Waals surface area contributed by atoms with Gasteiger partial charge >= 0.3 is 12.6 Å². The van der Waals surface area contributed by atoms with E-state index in [0.29, 0.717) is 29.9 Å². The molecule has 0 atom stereocenters. The summed E-state index contributed by atoms with van der Waals surface area (Å²) in [6.07, 6.45) is 0.761. The third-order valence-electron chi connectivity index (χ3n) is 3.65. The number of carbonyl (C=O) groups is 2. The summed E-state index contributed by atoms with van der Waals surface area (Å²) in [6.45, 7) is -2.90. The number of rotatable bonds is 6. The number of ether oxygens (including phenoxy) is 1.